The summed E-state index contributed by atoms with van der Waals surface area (Å²) >= 11 is 0. The molecule has 0 aliphatic heterocycles. The second kappa shape index (κ2) is 4.44. The maximum absolute atomic E-state index is 8.82. The third-order valence-electron chi connectivity index (χ3n) is 0.751. The predicted molar refractivity (Wildman–Crippen MR) is 35.8 cm³/mol. The first-order valence-electron chi connectivity index (χ1n) is 2.83. The fourth-order valence-electron chi connectivity index (χ4n) is 0.448. The van der Waals surface area contributed by atoms with Gasteiger partial charge in [0, 0.05) is 0 Å². The Morgan fingerprint density at radius 2 is 2.25 bits per heavy atom. The molecule has 0 saturated heterocycles. The molecule has 0 fully saturated rings. The molecule has 0 rings (SSSR count). The highest BCUT2D eigenvalue weighted by Crippen LogP contribution is 1.91. The third-order valence-corrected chi connectivity index (χ3v) is 0.751. The van der Waals surface area contributed by atoms with E-state index in [9.17, 15) is 0 Å². The summed E-state index contributed by atoms with van der Waals surface area (Å²) in [6.45, 7) is 3.86. The summed E-state index contributed by atoms with van der Waals surface area (Å²) in [7, 11) is 0. The van der Waals surface area contributed by atoms with Crippen LogP contribution < -0.4 is 0 Å². The van der Waals surface area contributed by atoms with Crippen molar-refractivity contribution >= 4 is 0 Å². The summed E-state index contributed by atoms with van der Waals surface area (Å²) in [6, 6.07) is 0. The van der Waals surface area contributed by atoms with Gasteiger partial charge in [-0.15, -0.1) is 0 Å². The highest BCUT2D eigenvalue weighted by atomic mass is 16.3. The van der Waals surface area contributed by atoms with Crippen LogP contribution in [-0.2, 0) is 0 Å². The van der Waals surface area contributed by atoms with Crippen molar-refractivity contribution in [2.75, 3.05) is 0 Å². The van der Waals surface area contributed by atoms with E-state index in [1.165, 1.54) is 0 Å². The molecule has 0 spiro atoms. The Bertz CT molecular complexity index is 101. The molecule has 1 nitrogen and oxygen atoms in total. The first-order chi connectivity index (χ1) is 3.81. The molecule has 0 atom stereocenters. The molecule has 1 N–H and O–H groups in total. The van der Waals surface area contributed by atoms with Gasteiger partial charge in [0.2, 0.25) is 0 Å². The van der Waals surface area contributed by atoms with E-state index in [1.807, 2.05) is 19.9 Å². The van der Waals surface area contributed by atoms with Crippen LogP contribution in [0.2, 0.25) is 0 Å². The van der Waals surface area contributed by atoms with Crippen molar-refractivity contribution in [1.82, 2.24) is 0 Å². The van der Waals surface area contributed by atoms with Gasteiger partial charge < -0.3 is 5.11 Å². The maximum atomic E-state index is 8.82. The normalized spacial score (nSPS) is 13.0. The summed E-state index contributed by atoms with van der Waals surface area (Å²) in [4.78, 5) is 0. The summed E-state index contributed by atoms with van der Waals surface area (Å²) < 4.78 is 0. The van der Waals surface area contributed by atoms with Crippen molar-refractivity contribution in [2.24, 2.45) is 0 Å². The van der Waals surface area contributed by atoms with Gasteiger partial charge in [-0.2, -0.15) is 0 Å². The lowest BCUT2D eigenvalue weighted by Crippen LogP contribution is -1.70. The summed E-state index contributed by atoms with van der Waals surface area (Å²) in [5.74, 6) is 0.356. The zero-order valence-electron chi connectivity index (χ0n) is 5.39. The minimum absolute atomic E-state index is 0.356. The standard InChI is InChI=1S/C7H12O/c1-3-5-7(8)6-4-2/h3,5-6,8H,4H2,1-2H3/b5-3-,7-6?. The Kier molecular flexibility index (Phi) is 4.04. The Labute approximate surface area is 50.3 Å². The van der Waals surface area contributed by atoms with Gasteiger partial charge >= 0.3 is 0 Å². The van der Waals surface area contributed by atoms with Crippen LogP contribution in [0.4, 0.5) is 0 Å². The van der Waals surface area contributed by atoms with Gasteiger partial charge in [0.25, 0.3) is 0 Å². The highest BCUT2D eigenvalue weighted by molar-refractivity contribution is 5.08. The van der Waals surface area contributed by atoms with E-state index in [4.69, 9.17) is 5.11 Å². The SMILES string of the molecule is C/C=C\C(O)=CCC. The minimum Gasteiger partial charge on any atom is -0.508 e. The quantitative estimate of drug-likeness (QED) is 0.429. The van der Waals surface area contributed by atoms with E-state index in [0.717, 1.165) is 6.42 Å². The molecule has 1 heteroatoms. The van der Waals surface area contributed by atoms with Gasteiger partial charge in [-0.25, -0.2) is 0 Å². The summed E-state index contributed by atoms with van der Waals surface area (Å²) in [5, 5.41) is 8.82. The topological polar surface area (TPSA) is 20.2 Å². The zero-order valence-corrected chi connectivity index (χ0v) is 5.39. The molecule has 46 valence electrons. The fourth-order valence-corrected chi connectivity index (χ4v) is 0.448. The number of hydrogen-bond acceptors (Lipinski definition) is 1. The lowest BCUT2D eigenvalue weighted by molar-refractivity contribution is 0.430. The van der Waals surface area contributed by atoms with Gasteiger partial charge in [0.15, 0.2) is 0 Å². The van der Waals surface area contributed by atoms with E-state index in [1.54, 1.807) is 12.2 Å². The van der Waals surface area contributed by atoms with Gasteiger partial charge in [-0.1, -0.05) is 13.0 Å². The molecule has 0 heterocycles. The molecule has 0 unspecified atom stereocenters. The van der Waals surface area contributed by atoms with Gasteiger partial charge in [-0.3, -0.25) is 0 Å². The van der Waals surface area contributed by atoms with Crippen LogP contribution in [0.3, 0.4) is 0 Å². The van der Waals surface area contributed by atoms with Crippen LogP contribution in [0.5, 0.6) is 0 Å². The van der Waals surface area contributed by atoms with E-state index in [2.05, 4.69) is 0 Å². The maximum Gasteiger partial charge on any atom is 0.111 e. The van der Waals surface area contributed by atoms with Crippen molar-refractivity contribution in [3.05, 3.63) is 24.0 Å². The van der Waals surface area contributed by atoms with E-state index in [0.29, 0.717) is 5.76 Å². The van der Waals surface area contributed by atoms with Crippen LogP contribution >= 0.6 is 0 Å². The molecule has 0 amide bonds. The van der Waals surface area contributed by atoms with Crippen molar-refractivity contribution in [3.63, 3.8) is 0 Å². The lowest BCUT2D eigenvalue weighted by Gasteiger charge is -1.84. The van der Waals surface area contributed by atoms with Gasteiger partial charge in [0.05, 0.1) is 0 Å². The van der Waals surface area contributed by atoms with Crippen LogP contribution in [-0.4, -0.2) is 5.11 Å². The largest absolute Gasteiger partial charge is 0.508 e. The molecular weight excluding hydrogens is 100 g/mol. The molecule has 0 aromatic carbocycles. The van der Waals surface area contributed by atoms with Crippen molar-refractivity contribution < 1.29 is 5.11 Å². The van der Waals surface area contributed by atoms with Crippen molar-refractivity contribution in [3.8, 4) is 0 Å². The Morgan fingerprint density at radius 1 is 1.62 bits per heavy atom. The lowest BCUT2D eigenvalue weighted by atomic mass is 10.3. The zero-order chi connectivity index (χ0) is 6.41. The average Bonchev–Trinajstić information content (AvgIpc) is 1.68. The second-order valence-corrected chi connectivity index (χ2v) is 1.54. The average molecular weight is 112 g/mol. The van der Waals surface area contributed by atoms with Crippen LogP contribution in [0.25, 0.3) is 0 Å². The molecule has 0 aliphatic rings. The van der Waals surface area contributed by atoms with Crippen LogP contribution in [0, 0.1) is 0 Å². The first kappa shape index (κ1) is 7.28. The minimum atomic E-state index is 0.356. The van der Waals surface area contributed by atoms with E-state index >= 15 is 0 Å². The van der Waals surface area contributed by atoms with Crippen molar-refractivity contribution in [1.29, 1.82) is 0 Å². The molecule has 0 saturated carbocycles. The first-order valence-corrected chi connectivity index (χ1v) is 2.83. The molecular formula is C7H12O. The van der Waals surface area contributed by atoms with Crippen molar-refractivity contribution in [2.45, 2.75) is 20.3 Å². The fraction of sp³-hybridized carbons (Fsp3) is 0.429. The number of rotatable bonds is 2. The number of hydrogen-bond donors (Lipinski definition) is 1. The predicted octanol–water partition coefficient (Wildman–Crippen LogP) is 2.41. The molecule has 8 heavy (non-hydrogen) atoms. The van der Waals surface area contributed by atoms with E-state index < -0.39 is 0 Å². The molecule has 0 bridgehead atoms. The number of allylic oxidation sites excluding steroid dienone is 3. The number of aliphatic hydroxyl groups is 1. The van der Waals surface area contributed by atoms with Gasteiger partial charge in [0.1, 0.15) is 5.76 Å². The molecule has 0 aliphatic carbocycles. The summed E-state index contributed by atoms with van der Waals surface area (Å²) in [5.41, 5.74) is 0. The smallest absolute Gasteiger partial charge is 0.111 e. The molecule has 0 aromatic heterocycles. The Morgan fingerprint density at radius 3 is 2.62 bits per heavy atom. The van der Waals surface area contributed by atoms with E-state index in [-0.39, 0.29) is 0 Å². The summed E-state index contributed by atoms with van der Waals surface area (Å²) in [6.07, 6.45) is 6.13. The Balaban J connectivity index is 3.61. The molecule has 0 aromatic rings. The second-order valence-electron chi connectivity index (χ2n) is 1.54. The number of aliphatic hydroxyl groups excluding tert-OH is 1. The monoisotopic (exact) mass is 112 g/mol. The molecule has 0 radical (unpaired) electrons. The third kappa shape index (κ3) is 3.47. The highest BCUT2D eigenvalue weighted by Gasteiger charge is 1.77. The van der Waals surface area contributed by atoms with Crippen LogP contribution in [0.15, 0.2) is 24.0 Å². The van der Waals surface area contributed by atoms with Crippen LogP contribution in [0.1, 0.15) is 20.3 Å². The van der Waals surface area contributed by atoms with Gasteiger partial charge in [-0.05, 0) is 25.5 Å². The Hall–Kier alpha value is -0.720.